The molecule has 0 spiro atoms. The Morgan fingerprint density at radius 2 is 1.50 bits per heavy atom. The van der Waals surface area contributed by atoms with Crippen LogP contribution >= 0.6 is 0 Å². The fourth-order valence-corrected chi connectivity index (χ4v) is 3.78. The first-order chi connectivity index (χ1) is 16.9. The molecule has 3 amide bonds. The van der Waals surface area contributed by atoms with Crippen LogP contribution in [0.3, 0.4) is 0 Å². The van der Waals surface area contributed by atoms with E-state index in [9.17, 15) is 19.2 Å². The van der Waals surface area contributed by atoms with Gasteiger partial charge in [-0.2, -0.15) is 0 Å². The second-order valence-corrected chi connectivity index (χ2v) is 10.6. The number of hydrogen-bond donors (Lipinski definition) is 4. The van der Waals surface area contributed by atoms with Crippen molar-refractivity contribution in [3.8, 4) is 0 Å². The average Bonchev–Trinajstić information content (AvgIpc) is 2.83. The highest BCUT2D eigenvalue weighted by Gasteiger charge is 2.31. The average molecular weight is 513 g/mol. The van der Waals surface area contributed by atoms with Crippen molar-refractivity contribution in [3.63, 3.8) is 0 Å². The van der Waals surface area contributed by atoms with Gasteiger partial charge in [0.1, 0.15) is 12.1 Å². The van der Waals surface area contributed by atoms with Crippen LogP contribution in [0.4, 0.5) is 0 Å². The molecule has 0 aromatic rings. The number of nitrogens with one attached hydrogen (secondary N) is 4. The molecule has 0 radical (unpaired) electrons. The normalized spacial score (nSPS) is 14.0. The molecule has 0 aliphatic heterocycles. The number of methoxy groups -OCH3 is 1. The summed E-state index contributed by atoms with van der Waals surface area (Å²) in [6.45, 7) is 13.9. The third kappa shape index (κ3) is 13.8. The first-order valence-corrected chi connectivity index (χ1v) is 13.6. The number of unbranched alkanes of at least 4 members (excludes halogenated alkanes) is 5. The van der Waals surface area contributed by atoms with Gasteiger partial charge in [0.15, 0.2) is 0 Å². The minimum absolute atomic E-state index is 0.166. The molecule has 0 fully saturated rings. The Hall–Kier alpha value is -2.16. The van der Waals surface area contributed by atoms with Crippen LogP contribution < -0.4 is 21.3 Å². The maximum Gasteiger partial charge on any atom is 0.328 e. The highest BCUT2D eigenvalue weighted by molar-refractivity contribution is 5.93. The van der Waals surface area contributed by atoms with E-state index >= 15 is 0 Å². The second kappa shape index (κ2) is 18.1. The van der Waals surface area contributed by atoms with E-state index in [4.69, 9.17) is 4.74 Å². The van der Waals surface area contributed by atoms with E-state index in [1.165, 1.54) is 32.8 Å². The van der Waals surface area contributed by atoms with Gasteiger partial charge in [-0.3, -0.25) is 14.4 Å². The lowest BCUT2D eigenvalue weighted by Crippen LogP contribution is -2.57. The summed E-state index contributed by atoms with van der Waals surface area (Å²) in [5.74, 6) is -1.71. The molecule has 0 saturated heterocycles. The molecule has 3 atom stereocenters. The number of amides is 3. The molecule has 0 unspecified atom stereocenters. The molecule has 0 heterocycles. The Bertz CT molecular complexity index is 681. The maximum absolute atomic E-state index is 13.0. The molecule has 9 nitrogen and oxygen atoms in total. The molecule has 0 aliphatic carbocycles. The number of rotatable bonds is 19. The lowest BCUT2D eigenvalue weighted by atomic mass is 9.97. The van der Waals surface area contributed by atoms with E-state index in [0.29, 0.717) is 12.8 Å². The maximum atomic E-state index is 13.0. The minimum atomic E-state index is -0.836. The minimum Gasteiger partial charge on any atom is -0.467 e. The number of esters is 1. The molecule has 9 heteroatoms. The van der Waals surface area contributed by atoms with Crippen LogP contribution in [-0.2, 0) is 23.9 Å². The number of hydrogen-bond acceptors (Lipinski definition) is 6. The SMILES string of the molecule is CCCCCCCCNC(C)(C)C(=O)NCC(=O)N[C@H](C(=O)N[C@@H](CC(C)C)C(=O)OC)[C@@H](C)CC. The summed E-state index contributed by atoms with van der Waals surface area (Å²) in [5.41, 5.74) is -0.818. The highest BCUT2D eigenvalue weighted by Crippen LogP contribution is 2.11. The van der Waals surface area contributed by atoms with E-state index < -0.39 is 35.4 Å². The standard InChI is InChI=1S/C27H52N4O5/c1-9-11-12-13-14-15-16-29-27(6,7)26(35)28-18-22(32)31-23(20(5)10-2)24(33)30-21(17-19(3)4)25(34)36-8/h19-21,23,29H,9-18H2,1-8H3,(H,28,35)(H,30,33)(H,31,32)/t20-,21-,23-/m0/s1. The van der Waals surface area contributed by atoms with Crippen molar-refractivity contribution in [1.29, 1.82) is 0 Å². The summed E-state index contributed by atoms with van der Waals surface area (Å²) >= 11 is 0. The van der Waals surface area contributed by atoms with E-state index in [0.717, 1.165) is 19.4 Å². The van der Waals surface area contributed by atoms with Crippen molar-refractivity contribution in [2.45, 2.75) is 117 Å². The summed E-state index contributed by atoms with van der Waals surface area (Å²) in [4.78, 5) is 50.4. The molecule has 4 N–H and O–H groups in total. The Balaban J connectivity index is 4.84. The van der Waals surface area contributed by atoms with Crippen LogP contribution in [0.25, 0.3) is 0 Å². The smallest absolute Gasteiger partial charge is 0.328 e. The molecule has 0 aliphatic rings. The first-order valence-electron chi connectivity index (χ1n) is 13.6. The van der Waals surface area contributed by atoms with Gasteiger partial charge in [-0.15, -0.1) is 0 Å². The van der Waals surface area contributed by atoms with Gasteiger partial charge < -0.3 is 26.0 Å². The van der Waals surface area contributed by atoms with Crippen molar-refractivity contribution < 1.29 is 23.9 Å². The van der Waals surface area contributed by atoms with Crippen molar-refractivity contribution in [1.82, 2.24) is 21.3 Å². The summed E-state index contributed by atoms with van der Waals surface area (Å²) in [5, 5.41) is 11.4. The zero-order valence-corrected chi connectivity index (χ0v) is 23.9. The number of carbonyl (C=O) groups excluding carboxylic acids is 4. The molecule has 0 rings (SSSR count). The van der Waals surface area contributed by atoms with Crippen LogP contribution in [-0.4, -0.2) is 61.5 Å². The summed E-state index contributed by atoms with van der Waals surface area (Å²) in [6, 6.07) is -1.62. The van der Waals surface area contributed by atoms with Gasteiger partial charge in [0, 0.05) is 0 Å². The Kier molecular flexibility index (Phi) is 17.1. The largest absolute Gasteiger partial charge is 0.467 e. The van der Waals surface area contributed by atoms with Crippen molar-refractivity contribution in [2.75, 3.05) is 20.2 Å². The monoisotopic (exact) mass is 512 g/mol. The van der Waals surface area contributed by atoms with Crippen molar-refractivity contribution in [3.05, 3.63) is 0 Å². The molecule has 0 aromatic heterocycles. The molecular weight excluding hydrogens is 460 g/mol. The fourth-order valence-electron chi connectivity index (χ4n) is 3.78. The van der Waals surface area contributed by atoms with Gasteiger partial charge in [0.2, 0.25) is 17.7 Å². The van der Waals surface area contributed by atoms with Gasteiger partial charge in [0.05, 0.1) is 19.2 Å². The van der Waals surface area contributed by atoms with Crippen LogP contribution in [0.2, 0.25) is 0 Å². The Labute approximate surface area is 218 Å². The fraction of sp³-hybridized carbons (Fsp3) is 0.852. The van der Waals surface area contributed by atoms with Crippen LogP contribution in [0.5, 0.6) is 0 Å². The van der Waals surface area contributed by atoms with Crippen LogP contribution in [0.1, 0.15) is 99.8 Å². The van der Waals surface area contributed by atoms with Gasteiger partial charge >= 0.3 is 5.97 Å². The number of carbonyl (C=O) groups is 4. The van der Waals surface area contributed by atoms with Crippen LogP contribution in [0.15, 0.2) is 0 Å². The summed E-state index contributed by atoms with van der Waals surface area (Å²) in [6.07, 6.45) is 8.11. The predicted octanol–water partition coefficient (Wildman–Crippen LogP) is 3.07. The first kappa shape index (κ1) is 33.8. The van der Waals surface area contributed by atoms with Crippen LogP contribution in [0, 0.1) is 11.8 Å². The van der Waals surface area contributed by atoms with Gasteiger partial charge in [0.25, 0.3) is 0 Å². The third-order valence-corrected chi connectivity index (χ3v) is 6.40. The lowest BCUT2D eigenvalue weighted by molar-refractivity contribution is -0.146. The topological polar surface area (TPSA) is 126 Å². The van der Waals surface area contributed by atoms with E-state index in [2.05, 4.69) is 28.2 Å². The van der Waals surface area contributed by atoms with Crippen molar-refractivity contribution >= 4 is 23.7 Å². The second-order valence-electron chi connectivity index (χ2n) is 10.6. The predicted molar refractivity (Wildman–Crippen MR) is 143 cm³/mol. The lowest BCUT2D eigenvalue weighted by Gasteiger charge is -2.27. The molecule has 0 saturated carbocycles. The summed E-state index contributed by atoms with van der Waals surface area (Å²) < 4.78 is 4.82. The highest BCUT2D eigenvalue weighted by atomic mass is 16.5. The van der Waals surface area contributed by atoms with Gasteiger partial charge in [-0.25, -0.2) is 4.79 Å². The summed E-state index contributed by atoms with van der Waals surface area (Å²) in [7, 11) is 1.28. The van der Waals surface area contributed by atoms with Gasteiger partial charge in [-0.1, -0.05) is 73.1 Å². The third-order valence-electron chi connectivity index (χ3n) is 6.40. The molecule has 0 aromatic carbocycles. The van der Waals surface area contributed by atoms with Crippen molar-refractivity contribution in [2.24, 2.45) is 11.8 Å². The zero-order chi connectivity index (χ0) is 27.7. The molecule has 0 bridgehead atoms. The number of ether oxygens (including phenoxy) is 1. The quantitative estimate of drug-likeness (QED) is 0.156. The zero-order valence-electron chi connectivity index (χ0n) is 23.9. The molecule has 210 valence electrons. The molecular formula is C27H52N4O5. The van der Waals surface area contributed by atoms with E-state index in [-0.39, 0.29) is 24.3 Å². The Morgan fingerprint density at radius 1 is 0.889 bits per heavy atom. The Morgan fingerprint density at radius 3 is 2.06 bits per heavy atom. The van der Waals surface area contributed by atoms with E-state index in [1.807, 2.05) is 27.7 Å². The van der Waals surface area contributed by atoms with Gasteiger partial charge in [-0.05, 0) is 45.1 Å². The molecule has 36 heavy (non-hydrogen) atoms. The van der Waals surface area contributed by atoms with E-state index in [1.54, 1.807) is 13.8 Å².